The number of nitrogens with zero attached hydrogens (tertiary/aromatic N) is 4. The third-order valence-corrected chi connectivity index (χ3v) is 5.09. The molecule has 2 heterocycles. The van der Waals surface area contributed by atoms with Gasteiger partial charge in [-0.25, -0.2) is 4.98 Å². The Hall–Kier alpha value is -1.35. The molecule has 2 unspecified atom stereocenters. The molecule has 0 radical (unpaired) electrons. The van der Waals surface area contributed by atoms with E-state index in [0.29, 0.717) is 18.0 Å². The number of aliphatic imine (C=N–C) groups is 1. The molecule has 144 valence electrons. The molecule has 0 aliphatic carbocycles. The molecule has 26 heavy (non-hydrogen) atoms. The van der Waals surface area contributed by atoms with Gasteiger partial charge in [0.05, 0.1) is 17.4 Å². The minimum atomic E-state index is 0. The number of hydrogen-bond acceptors (Lipinski definition) is 3. The number of rotatable bonds is 5. The number of fused-ring (bicyclic) bond motifs is 1. The molecule has 1 saturated heterocycles. The van der Waals surface area contributed by atoms with E-state index in [1.165, 1.54) is 5.52 Å². The van der Waals surface area contributed by atoms with Crippen molar-refractivity contribution in [1.29, 1.82) is 0 Å². The molecule has 0 amide bonds. The molecule has 1 aromatic heterocycles. The number of guanidine groups is 1. The van der Waals surface area contributed by atoms with Gasteiger partial charge >= 0.3 is 0 Å². The Balaban J connectivity index is 0.00000243. The van der Waals surface area contributed by atoms with Crippen molar-refractivity contribution in [3.8, 4) is 0 Å². The number of benzene rings is 1. The largest absolute Gasteiger partial charge is 0.355 e. The monoisotopic (exact) mass is 470 g/mol. The van der Waals surface area contributed by atoms with Crippen LogP contribution in [0.2, 0.25) is 0 Å². The van der Waals surface area contributed by atoms with Crippen LogP contribution >= 0.6 is 24.0 Å². The Morgan fingerprint density at radius 3 is 2.77 bits per heavy atom. The standard InChI is InChI=1S/C19H30N6.HI/c1-14(2)25-11-15(3)17(12-25)23-19(20-4)21-9-10-24-13-22-16-7-5-6-8-18(16)24;/h5-8,13-15,17H,9-12H2,1-4H3,(H2,20,21,23);1H. The fourth-order valence-electron chi connectivity index (χ4n) is 3.47. The average molecular weight is 470 g/mol. The smallest absolute Gasteiger partial charge is 0.191 e. The Kier molecular flexibility index (Phi) is 7.69. The van der Waals surface area contributed by atoms with E-state index in [2.05, 4.69) is 63.0 Å². The quantitative estimate of drug-likeness (QED) is 0.401. The van der Waals surface area contributed by atoms with Crippen LogP contribution < -0.4 is 10.6 Å². The molecule has 2 aromatic rings. The van der Waals surface area contributed by atoms with Crippen LogP contribution in [0.5, 0.6) is 0 Å². The lowest BCUT2D eigenvalue weighted by atomic mass is 10.1. The van der Waals surface area contributed by atoms with E-state index in [-0.39, 0.29) is 24.0 Å². The predicted octanol–water partition coefficient (Wildman–Crippen LogP) is 2.55. The van der Waals surface area contributed by atoms with Crippen molar-refractivity contribution in [2.75, 3.05) is 26.7 Å². The molecule has 3 rings (SSSR count). The minimum absolute atomic E-state index is 0. The van der Waals surface area contributed by atoms with Crippen LogP contribution in [0.25, 0.3) is 11.0 Å². The van der Waals surface area contributed by atoms with Gasteiger partial charge in [0.1, 0.15) is 0 Å². The van der Waals surface area contributed by atoms with E-state index >= 15 is 0 Å². The van der Waals surface area contributed by atoms with Crippen molar-refractivity contribution in [3.05, 3.63) is 30.6 Å². The molecule has 0 saturated carbocycles. The number of halogens is 1. The Morgan fingerprint density at radius 2 is 2.08 bits per heavy atom. The van der Waals surface area contributed by atoms with Crippen molar-refractivity contribution in [1.82, 2.24) is 25.1 Å². The third-order valence-electron chi connectivity index (χ3n) is 5.09. The average Bonchev–Trinajstić information content (AvgIpc) is 3.18. The van der Waals surface area contributed by atoms with Crippen molar-refractivity contribution in [2.24, 2.45) is 10.9 Å². The Bertz CT molecular complexity index is 726. The van der Waals surface area contributed by atoms with Crippen molar-refractivity contribution in [2.45, 2.75) is 39.4 Å². The molecule has 1 aromatic carbocycles. The lowest BCUT2D eigenvalue weighted by molar-refractivity contribution is 0.265. The molecule has 2 N–H and O–H groups in total. The van der Waals surface area contributed by atoms with E-state index in [4.69, 9.17) is 0 Å². The number of likely N-dealkylation sites (tertiary alicyclic amines) is 1. The van der Waals surface area contributed by atoms with E-state index < -0.39 is 0 Å². The minimum Gasteiger partial charge on any atom is -0.355 e. The molecule has 1 fully saturated rings. The summed E-state index contributed by atoms with van der Waals surface area (Å²) in [4.78, 5) is 11.3. The Morgan fingerprint density at radius 1 is 1.31 bits per heavy atom. The zero-order chi connectivity index (χ0) is 17.8. The fraction of sp³-hybridized carbons (Fsp3) is 0.579. The van der Waals surface area contributed by atoms with Gasteiger partial charge in [0.15, 0.2) is 5.96 Å². The zero-order valence-corrected chi connectivity index (χ0v) is 18.5. The van der Waals surface area contributed by atoms with Gasteiger partial charge in [-0.05, 0) is 31.9 Å². The molecule has 0 bridgehead atoms. The van der Waals surface area contributed by atoms with Crippen LogP contribution in [-0.2, 0) is 6.54 Å². The second kappa shape index (κ2) is 9.55. The van der Waals surface area contributed by atoms with E-state index in [1.54, 1.807) is 0 Å². The number of imidazole rings is 1. The highest BCUT2D eigenvalue weighted by molar-refractivity contribution is 14.0. The normalized spacial score (nSPS) is 21.2. The molecule has 7 heteroatoms. The topological polar surface area (TPSA) is 57.5 Å². The molecule has 6 nitrogen and oxygen atoms in total. The number of aromatic nitrogens is 2. The van der Waals surface area contributed by atoms with Crippen LogP contribution in [0.4, 0.5) is 0 Å². The van der Waals surface area contributed by atoms with Gasteiger partial charge in [0.25, 0.3) is 0 Å². The molecular weight excluding hydrogens is 439 g/mol. The predicted molar refractivity (Wildman–Crippen MR) is 119 cm³/mol. The Labute approximate surface area is 173 Å². The second-order valence-corrected chi connectivity index (χ2v) is 7.20. The van der Waals surface area contributed by atoms with Crippen LogP contribution in [-0.4, -0.2) is 59.2 Å². The van der Waals surface area contributed by atoms with Gasteiger partial charge in [-0.15, -0.1) is 24.0 Å². The molecule has 2 atom stereocenters. The lowest BCUT2D eigenvalue weighted by Gasteiger charge is -2.22. The maximum absolute atomic E-state index is 4.44. The summed E-state index contributed by atoms with van der Waals surface area (Å²) in [6.07, 6.45) is 1.90. The highest BCUT2D eigenvalue weighted by atomic mass is 127. The summed E-state index contributed by atoms with van der Waals surface area (Å²) >= 11 is 0. The maximum atomic E-state index is 4.44. The lowest BCUT2D eigenvalue weighted by Crippen LogP contribution is -2.47. The highest BCUT2D eigenvalue weighted by Crippen LogP contribution is 2.18. The highest BCUT2D eigenvalue weighted by Gasteiger charge is 2.31. The van der Waals surface area contributed by atoms with Gasteiger partial charge in [-0.3, -0.25) is 9.89 Å². The van der Waals surface area contributed by atoms with Crippen molar-refractivity contribution < 1.29 is 0 Å². The van der Waals surface area contributed by atoms with E-state index in [0.717, 1.165) is 37.7 Å². The van der Waals surface area contributed by atoms with Crippen LogP contribution in [0, 0.1) is 5.92 Å². The van der Waals surface area contributed by atoms with Crippen molar-refractivity contribution in [3.63, 3.8) is 0 Å². The molecule has 1 aliphatic heterocycles. The first-order valence-corrected chi connectivity index (χ1v) is 9.19. The summed E-state index contributed by atoms with van der Waals surface area (Å²) in [7, 11) is 1.84. The van der Waals surface area contributed by atoms with Gasteiger partial charge in [0, 0.05) is 45.3 Å². The SMILES string of the molecule is CN=C(NCCn1cnc2ccccc21)NC1CN(C(C)C)CC1C.I. The van der Waals surface area contributed by atoms with Gasteiger partial charge in [-0.2, -0.15) is 0 Å². The maximum Gasteiger partial charge on any atom is 0.191 e. The summed E-state index contributed by atoms with van der Waals surface area (Å²) in [6, 6.07) is 9.27. The van der Waals surface area contributed by atoms with Crippen molar-refractivity contribution >= 4 is 41.0 Å². The van der Waals surface area contributed by atoms with Gasteiger partial charge in [-0.1, -0.05) is 19.1 Å². The number of para-hydroxylation sites is 2. The summed E-state index contributed by atoms with van der Waals surface area (Å²) in [5.74, 6) is 1.51. The fourth-order valence-corrected chi connectivity index (χ4v) is 3.47. The van der Waals surface area contributed by atoms with Crippen LogP contribution in [0.3, 0.4) is 0 Å². The molecular formula is C19H31IN6. The number of hydrogen-bond donors (Lipinski definition) is 2. The molecule has 1 aliphatic rings. The summed E-state index contributed by atoms with van der Waals surface area (Å²) < 4.78 is 2.17. The third kappa shape index (κ3) is 4.88. The first-order chi connectivity index (χ1) is 12.1. The van der Waals surface area contributed by atoms with Gasteiger partial charge < -0.3 is 15.2 Å². The van der Waals surface area contributed by atoms with E-state index in [1.807, 2.05) is 25.5 Å². The zero-order valence-electron chi connectivity index (χ0n) is 16.1. The number of nitrogens with one attached hydrogen (secondary N) is 2. The van der Waals surface area contributed by atoms with E-state index in [9.17, 15) is 0 Å². The summed E-state index contributed by atoms with van der Waals surface area (Å²) in [6.45, 7) is 10.7. The second-order valence-electron chi connectivity index (χ2n) is 7.20. The summed E-state index contributed by atoms with van der Waals surface area (Å²) in [5.41, 5.74) is 2.21. The summed E-state index contributed by atoms with van der Waals surface area (Å²) in [5, 5.41) is 7.03. The van der Waals surface area contributed by atoms with Gasteiger partial charge in [0.2, 0.25) is 0 Å². The first kappa shape index (κ1) is 21.0. The van der Waals surface area contributed by atoms with Crippen LogP contribution in [0.1, 0.15) is 20.8 Å². The van der Waals surface area contributed by atoms with Crippen LogP contribution in [0.15, 0.2) is 35.6 Å². The molecule has 0 spiro atoms. The first-order valence-electron chi connectivity index (χ1n) is 9.19.